The minimum atomic E-state index is 0.648. The zero-order chi connectivity index (χ0) is 13.4. The third-order valence-corrected chi connectivity index (χ3v) is 5.13. The van der Waals surface area contributed by atoms with Gasteiger partial charge in [-0.05, 0) is 70.5 Å². The highest BCUT2D eigenvalue weighted by Gasteiger charge is 2.41. The van der Waals surface area contributed by atoms with Gasteiger partial charge in [0.15, 0.2) is 0 Å². The number of nitrogens with one attached hydrogen (secondary N) is 1. The Hall–Kier alpha value is -0.960. The molecule has 1 aromatic rings. The minimum absolute atomic E-state index is 0.648. The van der Waals surface area contributed by atoms with Crippen LogP contribution in [0.2, 0.25) is 0 Å². The second-order valence-electron chi connectivity index (χ2n) is 6.37. The van der Waals surface area contributed by atoms with Gasteiger partial charge in [0.05, 0.1) is 0 Å². The van der Waals surface area contributed by atoms with Gasteiger partial charge in [0.2, 0.25) is 0 Å². The maximum atomic E-state index is 4.85. The Balaban J connectivity index is 1.84. The lowest BCUT2D eigenvalue weighted by atomic mass is 9.88. The van der Waals surface area contributed by atoms with Crippen LogP contribution < -0.4 is 5.32 Å². The van der Waals surface area contributed by atoms with Crippen LogP contribution >= 0.6 is 0 Å². The molecule has 19 heavy (non-hydrogen) atoms. The summed E-state index contributed by atoms with van der Waals surface area (Å²) in [4.78, 5) is 9.70. The van der Waals surface area contributed by atoms with E-state index < -0.39 is 0 Å². The first-order valence-corrected chi connectivity index (χ1v) is 7.67. The molecule has 2 aliphatic carbocycles. The van der Waals surface area contributed by atoms with Crippen LogP contribution in [0.3, 0.4) is 0 Å². The Labute approximate surface area is 116 Å². The molecule has 0 amide bonds. The van der Waals surface area contributed by atoms with Crippen LogP contribution in [-0.4, -0.2) is 23.6 Å². The standard InChI is InChI=1S/C16H25N3/c1-10-14(6-7-17-3)11(2)19-16(18-10)15-9-12-4-5-13(15)8-12/h12-13,15,17H,4-9H2,1-3H3. The summed E-state index contributed by atoms with van der Waals surface area (Å²) in [6.45, 7) is 5.30. The van der Waals surface area contributed by atoms with Crippen molar-refractivity contribution in [3.8, 4) is 0 Å². The first-order valence-electron chi connectivity index (χ1n) is 7.67. The molecule has 3 heteroatoms. The molecule has 1 aromatic heterocycles. The molecule has 1 N–H and O–H groups in total. The molecule has 2 bridgehead atoms. The van der Waals surface area contributed by atoms with E-state index in [0.29, 0.717) is 5.92 Å². The Kier molecular flexibility index (Phi) is 3.57. The van der Waals surface area contributed by atoms with Crippen molar-refractivity contribution in [2.24, 2.45) is 11.8 Å². The molecule has 3 atom stereocenters. The highest BCUT2D eigenvalue weighted by molar-refractivity contribution is 5.26. The third-order valence-electron chi connectivity index (χ3n) is 5.13. The maximum Gasteiger partial charge on any atom is 0.132 e. The zero-order valence-corrected chi connectivity index (χ0v) is 12.4. The summed E-state index contributed by atoms with van der Waals surface area (Å²) in [5.41, 5.74) is 3.72. The number of likely N-dealkylation sites (N-methyl/N-ethyl adjacent to an activating group) is 1. The third kappa shape index (κ3) is 2.40. The molecule has 1 heterocycles. The van der Waals surface area contributed by atoms with Crippen LogP contribution in [0.1, 0.15) is 54.4 Å². The number of aromatic nitrogens is 2. The van der Waals surface area contributed by atoms with Gasteiger partial charge in [-0.15, -0.1) is 0 Å². The number of fused-ring (bicyclic) bond motifs is 2. The van der Waals surface area contributed by atoms with Crippen molar-refractivity contribution >= 4 is 0 Å². The lowest BCUT2D eigenvalue weighted by molar-refractivity contribution is 0.404. The second kappa shape index (κ2) is 5.20. The van der Waals surface area contributed by atoms with E-state index in [1.807, 2.05) is 7.05 Å². The molecule has 2 fully saturated rings. The molecule has 3 nitrogen and oxygen atoms in total. The van der Waals surface area contributed by atoms with E-state index in [4.69, 9.17) is 9.97 Å². The lowest BCUT2D eigenvalue weighted by Crippen LogP contribution is -2.17. The summed E-state index contributed by atoms with van der Waals surface area (Å²) >= 11 is 0. The highest BCUT2D eigenvalue weighted by atomic mass is 14.9. The van der Waals surface area contributed by atoms with Crippen LogP contribution in [0.4, 0.5) is 0 Å². The lowest BCUT2D eigenvalue weighted by Gasteiger charge is -2.21. The molecule has 3 unspecified atom stereocenters. The SMILES string of the molecule is CNCCc1c(C)nc(C2CC3CCC2C3)nc1C. The van der Waals surface area contributed by atoms with E-state index in [-0.39, 0.29) is 0 Å². The van der Waals surface area contributed by atoms with Gasteiger partial charge in [-0.1, -0.05) is 6.42 Å². The largest absolute Gasteiger partial charge is 0.319 e. The van der Waals surface area contributed by atoms with Crippen molar-refractivity contribution in [2.75, 3.05) is 13.6 Å². The zero-order valence-electron chi connectivity index (χ0n) is 12.4. The topological polar surface area (TPSA) is 37.8 Å². The van der Waals surface area contributed by atoms with E-state index in [1.165, 1.54) is 42.6 Å². The van der Waals surface area contributed by atoms with Gasteiger partial charge in [0.1, 0.15) is 5.82 Å². The van der Waals surface area contributed by atoms with E-state index in [0.717, 1.165) is 30.6 Å². The first kappa shape index (κ1) is 13.0. The fraction of sp³-hybridized carbons (Fsp3) is 0.750. The summed E-state index contributed by atoms with van der Waals surface area (Å²) in [5.74, 6) is 3.61. The number of nitrogens with zero attached hydrogens (tertiary/aromatic N) is 2. The normalized spacial score (nSPS) is 29.1. The fourth-order valence-corrected chi connectivity index (χ4v) is 4.10. The van der Waals surface area contributed by atoms with Gasteiger partial charge in [-0.2, -0.15) is 0 Å². The van der Waals surface area contributed by atoms with Crippen molar-refractivity contribution in [3.63, 3.8) is 0 Å². The van der Waals surface area contributed by atoms with Gasteiger partial charge < -0.3 is 5.32 Å². The number of hydrogen-bond donors (Lipinski definition) is 1. The molecule has 2 saturated carbocycles. The van der Waals surface area contributed by atoms with Gasteiger partial charge in [0, 0.05) is 17.3 Å². The van der Waals surface area contributed by atoms with Gasteiger partial charge in [0.25, 0.3) is 0 Å². The van der Waals surface area contributed by atoms with Crippen molar-refractivity contribution in [3.05, 3.63) is 22.8 Å². The average Bonchev–Trinajstić information content (AvgIpc) is 3.00. The summed E-state index contributed by atoms with van der Waals surface area (Å²) in [5, 5.41) is 3.21. The van der Waals surface area contributed by atoms with E-state index in [9.17, 15) is 0 Å². The molecular weight excluding hydrogens is 234 g/mol. The summed E-state index contributed by atoms with van der Waals surface area (Å²) < 4.78 is 0. The quantitative estimate of drug-likeness (QED) is 0.903. The molecular formula is C16H25N3. The predicted octanol–water partition coefficient (Wildman–Crippen LogP) is 2.76. The maximum absolute atomic E-state index is 4.85. The van der Waals surface area contributed by atoms with Crippen molar-refractivity contribution < 1.29 is 0 Å². The van der Waals surface area contributed by atoms with Crippen LogP contribution in [0.5, 0.6) is 0 Å². The summed E-state index contributed by atoms with van der Waals surface area (Å²) in [7, 11) is 2.00. The average molecular weight is 259 g/mol. The molecule has 0 aromatic carbocycles. The number of hydrogen-bond acceptors (Lipinski definition) is 3. The predicted molar refractivity (Wildman–Crippen MR) is 77.3 cm³/mol. The minimum Gasteiger partial charge on any atom is -0.319 e. The second-order valence-corrected chi connectivity index (χ2v) is 6.37. The molecule has 3 rings (SSSR count). The molecule has 0 saturated heterocycles. The van der Waals surface area contributed by atoms with Gasteiger partial charge in [-0.25, -0.2) is 9.97 Å². The molecule has 2 aliphatic rings. The van der Waals surface area contributed by atoms with Crippen molar-refractivity contribution in [1.29, 1.82) is 0 Å². The van der Waals surface area contributed by atoms with Gasteiger partial charge in [-0.3, -0.25) is 0 Å². The number of aryl methyl sites for hydroxylation is 2. The van der Waals surface area contributed by atoms with E-state index >= 15 is 0 Å². The molecule has 0 radical (unpaired) electrons. The first-order chi connectivity index (χ1) is 9.19. The fourth-order valence-electron chi connectivity index (χ4n) is 4.10. The van der Waals surface area contributed by atoms with Crippen LogP contribution in [0, 0.1) is 25.7 Å². The smallest absolute Gasteiger partial charge is 0.132 e. The summed E-state index contributed by atoms with van der Waals surface area (Å²) in [6, 6.07) is 0. The molecule has 0 spiro atoms. The molecule has 104 valence electrons. The molecule has 0 aliphatic heterocycles. The Morgan fingerprint density at radius 3 is 2.37 bits per heavy atom. The monoisotopic (exact) mass is 259 g/mol. The van der Waals surface area contributed by atoms with Crippen molar-refractivity contribution in [1.82, 2.24) is 15.3 Å². The Bertz CT molecular complexity index is 446. The Morgan fingerprint density at radius 1 is 1.11 bits per heavy atom. The van der Waals surface area contributed by atoms with Crippen LogP contribution in [-0.2, 0) is 6.42 Å². The van der Waals surface area contributed by atoms with Crippen LogP contribution in [0.25, 0.3) is 0 Å². The number of rotatable bonds is 4. The van der Waals surface area contributed by atoms with E-state index in [1.54, 1.807) is 0 Å². The van der Waals surface area contributed by atoms with Crippen molar-refractivity contribution in [2.45, 2.75) is 51.9 Å². The van der Waals surface area contributed by atoms with Gasteiger partial charge >= 0.3 is 0 Å². The van der Waals surface area contributed by atoms with Crippen LogP contribution in [0.15, 0.2) is 0 Å². The Morgan fingerprint density at radius 2 is 1.84 bits per heavy atom. The summed E-state index contributed by atoms with van der Waals surface area (Å²) in [6.07, 6.45) is 6.63. The van der Waals surface area contributed by atoms with E-state index in [2.05, 4.69) is 19.2 Å². The highest BCUT2D eigenvalue weighted by Crippen LogP contribution is 2.52.